The van der Waals surface area contributed by atoms with Crippen molar-refractivity contribution in [1.29, 1.82) is 0 Å². The Kier molecular flexibility index (Phi) is 5.36. The zero-order chi connectivity index (χ0) is 18.5. The van der Waals surface area contributed by atoms with Crippen LogP contribution in [-0.4, -0.2) is 38.1 Å². The van der Waals surface area contributed by atoms with Crippen molar-refractivity contribution in [3.63, 3.8) is 0 Å². The van der Waals surface area contributed by atoms with Crippen molar-refractivity contribution in [3.05, 3.63) is 65.5 Å². The fourth-order valence-electron chi connectivity index (χ4n) is 2.53. The van der Waals surface area contributed by atoms with Crippen LogP contribution in [0.1, 0.15) is 18.1 Å². The van der Waals surface area contributed by atoms with Gasteiger partial charge in [-0.1, -0.05) is 49.4 Å². The summed E-state index contributed by atoms with van der Waals surface area (Å²) in [5.41, 5.74) is 2.54. The molecule has 134 valence electrons. The highest BCUT2D eigenvalue weighted by Crippen LogP contribution is 2.15. The monoisotopic (exact) mass is 353 g/mol. The molecule has 0 aliphatic carbocycles. The van der Waals surface area contributed by atoms with Crippen LogP contribution in [0.25, 0.3) is 11.4 Å². The summed E-state index contributed by atoms with van der Waals surface area (Å²) in [4.78, 5) is 15.0. The van der Waals surface area contributed by atoms with Crippen molar-refractivity contribution >= 4 is 5.91 Å². The summed E-state index contributed by atoms with van der Waals surface area (Å²) in [6, 6.07) is 14.3. The number of amides is 1. The van der Waals surface area contributed by atoms with Crippen LogP contribution >= 0.6 is 0 Å². The Bertz CT molecular complexity index is 891. The molecule has 26 heavy (non-hydrogen) atoms. The lowest BCUT2D eigenvalue weighted by atomic mass is 10.1. The Labute approximate surface area is 151 Å². The SMILES string of the molecule is CCc1ccc(-c2nnn(CC(=O)N(C)Cc3ccccc3F)n2)cc1. The fraction of sp³-hybridized carbons (Fsp3) is 0.263. The predicted molar refractivity (Wildman–Crippen MR) is 95.5 cm³/mol. The smallest absolute Gasteiger partial charge is 0.246 e. The number of likely N-dealkylation sites (N-methyl/N-ethyl adjacent to an activating group) is 1. The van der Waals surface area contributed by atoms with Crippen molar-refractivity contribution in [2.24, 2.45) is 0 Å². The van der Waals surface area contributed by atoms with E-state index in [1.165, 1.54) is 21.3 Å². The molecule has 2 aromatic carbocycles. The molecule has 0 atom stereocenters. The molecule has 1 aromatic heterocycles. The second kappa shape index (κ2) is 7.86. The normalized spacial score (nSPS) is 10.7. The number of nitrogens with zero attached hydrogens (tertiary/aromatic N) is 5. The van der Waals surface area contributed by atoms with Gasteiger partial charge >= 0.3 is 0 Å². The van der Waals surface area contributed by atoms with E-state index in [9.17, 15) is 9.18 Å². The minimum absolute atomic E-state index is 0.0506. The number of halogens is 1. The van der Waals surface area contributed by atoms with Crippen LogP contribution in [0, 0.1) is 5.82 Å². The zero-order valence-electron chi connectivity index (χ0n) is 14.8. The lowest BCUT2D eigenvalue weighted by molar-refractivity contribution is -0.131. The number of aromatic nitrogens is 4. The van der Waals surface area contributed by atoms with Crippen LogP contribution in [0.5, 0.6) is 0 Å². The third kappa shape index (κ3) is 4.11. The highest BCUT2D eigenvalue weighted by atomic mass is 19.1. The van der Waals surface area contributed by atoms with E-state index in [1.807, 2.05) is 24.3 Å². The average molecular weight is 353 g/mol. The van der Waals surface area contributed by atoms with Crippen LogP contribution in [0.15, 0.2) is 48.5 Å². The van der Waals surface area contributed by atoms with E-state index in [-0.39, 0.29) is 24.8 Å². The molecule has 3 aromatic rings. The summed E-state index contributed by atoms with van der Waals surface area (Å²) in [6.45, 7) is 2.23. The summed E-state index contributed by atoms with van der Waals surface area (Å²) >= 11 is 0. The second-order valence-corrected chi connectivity index (χ2v) is 6.04. The van der Waals surface area contributed by atoms with Crippen LogP contribution in [0.2, 0.25) is 0 Å². The summed E-state index contributed by atoms with van der Waals surface area (Å²) < 4.78 is 13.7. The number of benzene rings is 2. The molecule has 3 rings (SSSR count). The Morgan fingerprint density at radius 3 is 2.58 bits per heavy atom. The lowest BCUT2D eigenvalue weighted by Gasteiger charge is -2.17. The topological polar surface area (TPSA) is 63.9 Å². The van der Waals surface area contributed by atoms with Gasteiger partial charge in [-0.25, -0.2) is 4.39 Å². The molecule has 1 heterocycles. The minimum atomic E-state index is -0.330. The molecule has 0 radical (unpaired) electrons. The Hall–Kier alpha value is -3.09. The van der Waals surface area contributed by atoms with Crippen molar-refractivity contribution in [1.82, 2.24) is 25.1 Å². The van der Waals surface area contributed by atoms with Crippen molar-refractivity contribution in [2.75, 3.05) is 7.05 Å². The van der Waals surface area contributed by atoms with E-state index in [4.69, 9.17) is 0 Å². The van der Waals surface area contributed by atoms with Crippen molar-refractivity contribution < 1.29 is 9.18 Å². The molecule has 1 amide bonds. The maximum Gasteiger partial charge on any atom is 0.246 e. The first kappa shape index (κ1) is 17.7. The number of aryl methyl sites for hydroxylation is 1. The summed E-state index contributed by atoms with van der Waals surface area (Å²) in [7, 11) is 1.62. The van der Waals surface area contributed by atoms with Gasteiger partial charge in [0.25, 0.3) is 0 Å². The molecule has 0 aliphatic rings. The zero-order valence-corrected chi connectivity index (χ0v) is 14.8. The van der Waals surface area contributed by atoms with Gasteiger partial charge in [0.05, 0.1) is 0 Å². The Morgan fingerprint density at radius 1 is 1.15 bits per heavy atom. The van der Waals surface area contributed by atoms with Gasteiger partial charge in [-0.05, 0) is 23.3 Å². The van der Waals surface area contributed by atoms with E-state index in [0.29, 0.717) is 11.4 Å². The minimum Gasteiger partial charge on any atom is -0.340 e. The van der Waals surface area contributed by atoms with Gasteiger partial charge < -0.3 is 4.90 Å². The van der Waals surface area contributed by atoms with E-state index >= 15 is 0 Å². The number of hydrogen-bond acceptors (Lipinski definition) is 4. The number of carbonyl (C=O) groups is 1. The predicted octanol–water partition coefficient (Wildman–Crippen LogP) is 2.70. The third-order valence-electron chi connectivity index (χ3n) is 4.14. The molecule has 0 unspecified atom stereocenters. The van der Waals surface area contributed by atoms with E-state index in [2.05, 4.69) is 22.3 Å². The molecule has 0 fully saturated rings. The van der Waals surface area contributed by atoms with Gasteiger partial charge in [0, 0.05) is 24.7 Å². The molecular formula is C19H20FN5O. The van der Waals surface area contributed by atoms with E-state index < -0.39 is 0 Å². The highest BCUT2D eigenvalue weighted by molar-refractivity contribution is 5.75. The Morgan fingerprint density at radius 2 is 1.88 bits per heavy atom. The molecule has 0 saturated heterocycles. The van der Waals surface area contributed by atoms with E-state index in [0.717, 1.165) is 12.0 Å². The molecule has 7 heteroatoms. The third-order valence-corrected chi connectivity index (χ3v) is 4.14. The van der Waals surface area contributed by atoms with Gasteiger partial charge in [0.15, 0.2) is 0 Å². The number of hydrogen-bond donors (Lipinski definition) is 0. The molecule has 0 N–H and O–H groups in total. The second-order valence-electron chi connectivity index (χ2n) is 6.04. The first-order chi connectivity index (χ1) is 12.6. The van der Waals surface area contributed by atoms with Gasteiger partial charge in [0.1, 0.15) is 12.4 Å². The van der Waals surface area contributed by atoms with Gasteiger partial charge in [-0.3, -0.25) is 4.79 Å². The molecule has 0 aliphatic heterocycles. The van der Waals surface area contributed by atoms with Crippen LogP contribution in [0.3, 0.4) is 0 Å². The first-order valence-electron chi connectivity index (χ1n) is 8.41. The van der Waals surface area contributed by atoms with Crippen LogP contribution in [0.4, 0.5) is 4.39 Å². The molecular weight excluding hydrogens is 333 g/mol. The average Bonchev–Trinajstić information content (AvgIpc) is 3.12. The van der Waals surface area contributed by atoms with Crippen LogP contribution < -0.4 is 0 Å². The molecule has 0 saturated carbocycles. The molecule has 6 nitrogen and oxygen atoms in total. The van der Waals surface area contributed by atoms with Crippen molar-refractivity contribution in [2.45, 2.75) is 26.4 Å². The number of rotatable bonds is 6. The first-order valence-corrected chi connectivity index (χ1v) is 8.41. The quantitative estimate of drug-likeness (QED) is 0.683. The molecule has 0 bridgehead atoms. The molecule has 0 spiro atoms. The van der Waals surface area contributed by atoms with Gasteiger partial charge in [0.2, 0.25) is 11.7 Å². The van der Waals surface area contributed by atoms with Gasteiger partial charge in [-0.15, -0.1) is 10.2 Å². The van der Waals surface area contributed by atoms with Gasteiger partial charge in [-0.2, -0.15) is 4.80 Å². The highest BCUT2D eigenvalue weighted by Gasteiger charge is 2.14. The summed E-state index contributed by atoms with van der Waals surface area (Å²) in [6.07, 6.45) is 0.962. The fourth-order valence-corrected chi connectivity index (χ4v) is 2.53. The Balaban J connectivity index is 1.64. The van der Waals surface area contributed by atoms with E-state index in [1.54, 1.807) is 25.2 Å². The summed E-state index contributed by atoms with van der Waals surface area (Å²) in [5, 5.41) is 12.2. The standard InChI is InChI=1S/C19H20FN5O/c1-3-14-8-10-15(11-9-14)19-21-23-25(22-19)13-18(26)24(2)12-16-6-4-5-7-17(16)20/h4-11H,3,12-13H2,1-2H3. The van der Waals surface area contributed by atoms with Crippen molar-refractivity contribution in [3.8, 4) is 11.4 Å². The maximum atomic E-state index is 13.7. The number of tetrazole rings is 1. The largest absolute Gasteiger partial charge is 0.340 e. The lowest BCUT2D eigenvalue weighted by Crippen LogP contribution is -2.30. The maximum absolute atomic E-state index is 13.7. The summed E-state index contributed by atoms with van der Waals surface area (Å²) in [5.74, 6) is -0.0837. The number of carbonyl (C=O) groups excluding carboxylic acids is 1. The van der Waals surface area contributed by atoms with Crippen LogP contribution in [-0.2, 0) is 24.3 Å².